The molecular weight excluding hydrogens is 446 g/mol. The van der Waals surface area contributed by atoms with Gasteiger partial charge in [0.2, 0.25) is 12.7 Å². The first-order valence-electron chi connectivity index (χ1n) is 10.7. The van der Waals surface area contributed by atoms with Crippen LogP contribution in [-0.4, -0.2) is 46.8 Å². The molecule has 0 aliphatic carbocycles. The summed E-state index contributed by atoms with van der Waals surface area (Å²) in [6.07, 6.45) is 4.95. The van der Waals surface area contributed by atoms with Crippen LogP contribution in [0.5, 0.6) is 11.5 Å². The lowest BCUT2D eigenvalue weighted by molar-refractivity contribution is -0.128. The van der Waals surface area contributed by atoms with E-state index in [2.05, 4.69) is 9.97 Å². The van der Waals surface area contributed by atoms with Crippen LogP contribution in [0.2, 0.25) is 5.02 Å². The molecule has 3 heterocycles. The van der Waals surface area contributed by atoms with Crippen molar-refractivity contribution in [2.24, 2.45) is 0 Å². The number of ether oxygens (including phenoxy) is 3. The number of halogens is 1. The summed E-state index contributed by atoms with van der Waals surface area (Å²) >= 11 is 6.24. The Morgan fingerprint density at radius 1 is 1.27 bits per heavy atom. The summed E-state index contributed by atoms with van der Waals surface area (Å²) in [4.78, 5) is 34.6. The molecule has 1 amide bonds. The van der Waals surface area contributed by atoms with Gasteiger partial charge in [-0.1, -0.05) is 23.7 Å². The Labute approximate surface area is 194 Å². The Balaban J connectivity index is 1.39. The summed E-state index contributed by atoms with van der Waals surface area (Å²) in [5.74, 6) is 1.25. The Morgan fingerprint density at radius 3 is 3.00 bits per heavy atom. The molecule has 1 unspecified atom stereocenters. The third kappa shape index (κ3) is 4.72. The van der Waals surface area contributed by atoms with E-state index in [1.54, 1.807) is 41.3 Å². The fourth-order valence-electron chi connectivity index (χ4n) is 4.01. The molecule has 1 atom stereocenters. The van der Waals surface area contributed by atoms with Gasteiger partial charge in [0.25, 0.3) is 5.56 Å². The van der Waals surface area contributed by atoms with Crippen LogP contribution in [0.25, 0.3) is 17.0 Å². The predicted octanol–water partition coefficient (Wildman–Crippen LogP) is 3.53. The number of hydrogen-bond acceptors (Lipinski definition) is 6. The van der Waals surface area contributed by atoms with Gasteiger partial charge in [0.1, 0.15) is 5.82 Å². The number of carbonyl (C=O) groups is 1. The molecule has 0 spiro atoms. The van der Waals surface area contributed by atoms with Gasteiger partial charge in [-0.3, -0.25) is 9.59 Å². The lowest BCUT2D eigenvalue weighted by Gasteiger charge is -2.24. The zero-order valence-corrected chi connectivity index (χ0v) is 18.5. The topological polar surface area (TPSA) is 93.8 Å². The molecular formula is C24H22ClN3O5. The van der Waals surface area contributed by atoms with Crippen LogP contribution in [0, 0.1) is 0 Å². The molecule has 2 aliphatic rings. The standard InChI is InChI=1S/C24H22ClN3O5/c25-18-10-15(11-20-23(18)33-14-32-20)7-8-22(29)28(12-16-4-3-9-31-16)13-21-26-19-6-2-1-5-17(19)24(30)27-21/h1-2,5-8,10-11,16H,3-4,9,12-14H2,(H,26,27,30). The third-order valence-electron chi connectivity index (χ3n) is 5.63. The fourth-order valence-corrected chi connectivity index (χ4v) is 4.29. The van der Waals surface area contributed by atoms with Gasteiger partial charge in [0.15, 0.2) is 11.5 Å². The van der Waals surface area contributed by atoms with Crippen molar-refractivity contribution >= 4 is 34.5 Å². The average molecular weight is 468 g/mol. The van der Waals surface area contributed by atoms with Crippen LogP contribution in [0.15, 0.2) is 47.3 Å². The van der Waals surface area contributed by atoms with Gasteiger partial charge in [-0.25, -0.2) is 4.98 Å². The van der Waals surface area contributed by atoms with E-state index < -0.39 is 0 Å². The first kappa shape index (κ1) is 21.5. The highest BCUT2D eigenvalue weighted by atomic mass is 35.5. The van der Waals surface area contributed by atoms with Gasteiger partial charge < -0.3 is 24.1 Å². The van der Waals surface area contributed by atoms with Crippen molar-refractivity contribution in [1.29, 1.82) is 0 Å². The van der Waals surface area contributed by atoms with E-state index in [-0.39, 0.29) is 30.9 Å². The highest BCUT2D eigenvalue weighted by Gasteiger charge is 2.23. The maximum absolute atomic E-state index is 13.2. The minimum atomic E-state index is -0.231. The van der Waals surface area contributed by atoms with Gasteiger partial charge in [0.05, 0.1) is 28.6 Å². The van der Waals surface area contributed by atoms with Gasteiger partial charge >= 0.3 is 0 Å². The second-order valence-electron chi connectivity index (χ2n) is 7.95. The number of aromatic amines is 1. The second kappa shape index (κ2) is 9.25. The molecule has 0 bridgehead atoms. The van der Waals surface area contributed by atoms with Crippen molar-refractivity contribution in [3.05, 3.63) is 69.2 Å². The normalized spacial score (nSPS) is 17.2. The Morgan fingerprint density at radius 2 is 2.15 bits per heavy atom. The minimum absolute atomic E-state index is 0.0467. The van der Waals surface area contributed by atoms with E-state index in [0.717, 1.165) is 12.8 Å². The van der Waals surface area contributed by atoms with Crippen LogP contribution in [0.4, 0.5) is 0 Å². The molecule has 8 nitrogen and oxygen atoms in total. The predicted molar refractivity (Wildman–Crippen MR) is 123 cm³/mol. The fraction of sp³-hybridized carbons (Fsp3) is 0.292. The summed E-state index contributed by atoms with van der Waals surface area (Å²) in [5, 5.41) is 0.934. The summed E-state index contributed by atoms with van der Waals surface area (Å²) in [6, 6.07) is 10.6. The molecule has 0 saturated carbocycles. The zero-order valence-electron chi connectivity index (χ0n) is 17.8. The summed E-state index contributed by atoms with van der Waals surface area (Å²) in [6.45, 7) is 1.36. The van der Waals surface area contributed by atoms with E-state index in [1.807, 2.05) is 6.07 Å². The van der Waals surface area contributed by atoms with E-state index in [0.29, 0.717) is 52.0 Å². The van der Waals surface area contributed by atoms with Crippen molar-refractivity contribution < 1.29 is 19.0 Å². The quantitative estimate of drug-likeness (QED) is 0.557. The number of amides is 1. The Bertz CT molecular complexity index is 1280. The van der Waals surface area contributed by atoms with E-state index in [4.69, 9.17) is 25.8 Å². The van der Waals surface area contributed by atoms with Crippen molar-refractivity contribution in [2.75, 3.05) is 19.9 Å². The summed E-state index contributed by atoms with van der Waals surface area (Å²) in [7, 11) is 0. The van der Waals surface area contributed by atoms with Crippen LogP contribution < -0.4 is 15.0 Å². The SMILES string of the molecule is O=C(C=Cc1cc(Cl)c2c(c1)OCO2)N(Cc1nc2ccccc2c(=O)[nH]1)CC1CCCO1. The zero-order chi connectivity index (χ0) is 22.8. The van der Waals surface area contributed by atoms with Gasteiger partial charge in [-0.05, 0) is 48.7 Å². The highest BCUT2D eigenvalue weighted by Crippen LogP contribution is 2.40. The third-order valence-corrected chi connectivity index (χ3v) is 5.91. The summed E-state index contributed by atoms with van der Waals surface area (Å²) < 4.78 is 16.5. The smallest absolute Gasteiger partial charge is 0.258 e. The molecule has 1 fully saturated rings. The molecule has 5 rings (SSSR count). The van der Waals surface area contributed by atoms with Gasteiger partial charge in [0, 0.05) is 19.2 Å². The maximum atomic E-state index is 13.2. The number of nitrogens with zero attached hydrogens (tertiary/aromatic N) is 2. The molecule has 0 radical (unpaired) electrons. The van der Waals surface area contributed by atoms with E-state index in [9.17, 15) is 9.59 Å². The minimum Gasteiger partial charge on any atom is -0.454 e. The molecule has 2 aliphatic heterocycles. The van der Waals surface area contributed by atoms with Gasteiger partial charge in [-0.2, -0.15) is 0 Å². The van der Waals surface area contributed by atoms with Crippen molar-refractivity contribution in [3.8, 4) is 11.5 Å². The molecule has 1 N–H and O–H groups in total. The average Bonchev–Trinajstić information content (AvgIpc) is 3.49. The highest BCUT2D eigenvalue weighted by molar-refractivity contribution is 6.32. The van der Waals surface area contributed by atoms with Crippen LogP contribution in [0.1, 0.15) is 24.2 Å². The van der Waals surface area contributed by atoms with Crippen LogP contribution >= 0.6 is 11.6 Å². The first-order valence-corrected chi connectivity index (χ1v) is 11.1. The maximum Gasteiger partial charge on any atom is 0.258 e. The molecule has 170 valence electrons. The van der Waals surface area contributed by atoms with Crippen LogP contribution in [-0.2, 0) is 16.1 Å². The van der Waals surface area contributed by atoms with E-state index >= 15 is 0 Å². The molecule has 1 saturated heterocycles. The molecule has 9 heteroatoms. The number of aromatic nitrogens is 2. The number of para-hydroxylation sites is 1. The Hall–Kier alpha value is -3.36. The van der Waals surface area contributed by atoms with Crippen molar-refractivity contribution in [3.63, 3.8) is 0 Å². The summed E-state index contributed by atoms with van der Waals surface area (Å²) in [5.41, 5.74) is 1.07. The number of H-pyrrole nitrogens is 1. The number of fused-ring (bicyclic) bond motifs is 2. The lowest BCUT2D eigenvalue weighted by atomic mass is 10.1. The van der Waals surface area contributed by atoms with Crippen LogP contribution in [0.3, 0.4) is 0 Å². The van der Waals surface area contributed by atoms with Gasteiger partial charge in [-0.15, -0.1) is 0 Å². The molecule has 3 aromatic rings. The number of nitrogens with one attached hydrogen (secondary N) is 1. The Kier molecular flexibility index (Phi) is 6.02. The molecule has 2 aromatic carbocycles. The number of hydrogen-bond donors (Lipinski definition) is 1. The molecule has 1 aromatic heterocycles. The second-order valence-corrected chi connectivity index (χ2v) is 8.36. The first-order chi connectivity index (χ1) is 16.1. The molecule has 33 heavy (non-hydrogen) atoms. The van der Waals surface area contributed by atoms with E-state index in [1.165, 1.54) is 6.08 Å². The largest absolute Gasteiger partial charge is 0.454 e. The number of carbonyl (C=O) groups excluding carboxylic acids is 1. The number of rotatable bonds is 6. The van der Waals surface area contributed by atoms with Crippen molar-refractivity contribution in [1.82, 2.24) is 14.9 Å². The lowest BCUT2D eigenvalue weighted by Crippen LogP contribution is -2.36. The number of benzene rings is 2. The monoisotopic (exact) mass is 467 g/mol. The van der Waals surface area contributed by atoms with Crippen molar-refractivity contribution in [2.45, 2.75) is 25.5 Å².